The molecule has 0 bridgehead atoms. The smallest absolute Gasteiger partial charge is 0.229 e. The molecule has 17 heavy (non-hydrogen) atoms. The topological polar surface area (TPSA) is 41.1 Å². The van der Waals surface area contributed by atoms with Crippen LogP contribution in [0.25, 0.3) is 0 Å². The fourth-order valence-electron chi connectivity index (χ4n) is 2.65. The van der Waals surface area contributed by atoms with Gasteiger partial charge in [-0.1, -0.05) is 27.2 Å². The van der Waals surface area contributed by atoms with Crippen LogP contribution in [-0.4, -0.2) is 36.5 Å². The van der Waals surface area contributed by atoms with Gasteiger partial charge in [-0.05, 0) is 24.8 Å². The molecule has 2 unspecified atom stereocenters. The Hall–Kier alpha value is -0.220. The van der Waals surface area contributed by atoms with Crippen LogP contribution < -0.4 is 10.6 Å². The van der Waals surface area contributed by atoms with Crippen molar-refractivity contribution >= 4 is 17.7 Å². The molecule has 1 aliphatic carbocycles. The van der Waals surface area contributed by atoms with Gasteiger partial charge in [0.25, 0.3) is 0 Å². The molecule has 0 heterocycles. The van der Waals surface area contributed by atoms with E-state index in [2.05, 4.69) is 31.4 Å². The second kappa shape index (κ2) is 6.64. The van der Waals surface area contributed by atoms with Gasteiger partial charge in [-0.2, -0.15) is 0 Å². The van der Waals surface area contributed by atoms with Gasteiger partial charge in [0.1, 0.15) is 0 Å². The molecular weight excluding hydrogens is 232 g/mol. The zero-order valence-corrected chi connectivity index (χ0v) is 12.3. The lowest BCUT2D eigenvalue weighted by Crippen LogP contribution is -2.51. The summed E-state index contributed by atoms with van der Waals surface area (Å²) in [6, 6.07) is 0.524. The number of hydrogen-bond donors (Lipinski definition) is 2. The predicted molar refractivity (Wildman–Crippen MR) is 75.4 cm³/mol. The molecule has 3 nitrogen and oxygen atoms in total. The summed E-state index contributed by atoms with van der Waals surface area (Å²) in [7, 11) is 1.70. The largest absolute Gasteiger partial charge is 0.358 e. The average molecular weight is 258 g/mol. The first kappa shape index (κ1) is 14.8. The molecule has 0 spiro atoms. The normalized spacial score (nSPS) is 27.8. The van der Waals surface area contributed by atoms with E-state index in [-0.39, 0.29) is 5.91 Å². The molecule has 0 aromatic rings. The number of rotatable bonds is 5. The summed E-state index contributed by atoms with van der Waals surface area (Å²) in [6.07, 6.45) is 3.78. The van der Waals surface area contributed by atoms with E-state index in [1.165, 1.54) is 19.3 Å². The second-order valence-corrected chi connectivity index (χ2v) is 6.67. The van der Waals surface area contributed by atoms with Crippen LogP contribution in [0.1, 0.15) is 40.0 Å². The van der Waals surface area contributed by atoms with Gasteiger partial charge in [-0.25, -0.2) is 0 Å². The molecule has 0 radical (unpaired) electrons. The highest BCUT2D eigenvalue weighted by atomic mass is 32.2. The second-order valence-electron chi connectivity index (χ2n) is 5.44. The maximum atomic E-state index is 11.3. The lowest BCUT2D eigenvalue weighted by atomic mass is 9.73. The highest BCUT2D eigenvalue weighted by Crippen LogP contribution is 2.40. The van der Waals surface area contributed by atoms with E-state index in [0.717, 1.165) is 6.54 Å². The van der Waals surface area contributed by atoms with E-state index < -0.39 is 0 Å². The van der Waals surface area contributed by atoms with Gasteiger partial charge < -0.3 is 10.6 Å². The van der Waals surface area contributed by atoms with E-state index in [0.29, 0.717) is 22.5 Å². The molecule has 1 amide bonds. The highest BCUT2D eigenvalue weighted by molar-refractivity contribution is 8.00. The molecule has 1 aliphatic rings. The third-order valence-corrected chi connectivity index (χ3v) is 5.02. The first-order chi connectivity index (χ1) is 8.01. The zero-order chi connectivity index (χ0) is 12.9. The third kappa shape index (κ3) is 4.18. The molecule has 0 aromatic heterocycles. The number of carbonyl (C=O) groups excluding carboxylic acids is 1. The first-order valence-electron chi connectivity index (χ1n) is 6.57. The van der Waals surface area contributed by atoms with Crippen molar-refractivity contribution in [2.45, 2.75) is 51.3 Å². The van der Waals surface area contributed by atoms with Crippen LogP contribution in [0.5, 0.6) is 0 Å². The van der Waals surface area contributed by atoms with Crippen molar-refractivity contribution in [3.63, 3.8) is 0 Å². The van der Waals surface area contributed by atoms with E-state index in [1.807, 2.05) is 0 Å². The standard InChI is InChI=1S/C13H26N2OS/c1-5-15-12-10(17-9-11(16)14-4)7-6-8-13(12,2)3/h10,12,15H,5-9H2,1-4H3,(H,14,16). The summed E-state index contributed by atoms with van der Waals surface area (Å²) in [5.74, 6) is 0.715. The molecule has 1 saturated carbocycles. The van der Waals surface area contributed by atoms with Crippen molar-refractivity contribution in [1.29, 1.82) is 0 Å². The minimum Gasteiger partial charge on any atom is -0.358 e. The molecule has 0 saturated heterocycles. The first-order valence-corrected chi connectivity index (χ1v) is 7.61. The number of nitrogens with one attached hydrogen (secondary N) is 2. The Morgan fingerprint density at radius 2 is 2.18 bits per heavy atom. The minimum absolute atomic E-state index is 0.133. The van der Waals surface area contributed by atoms with E-state index >= 15 is 0 Å². The van der Waals surface area contributed by atoms with Gasteiger partial charge >= 0.3 is 0 Å². The molecular formula is C13H26N2OS. The van der Waals surface area contributed by atoms with Crippen LogP contribution in [0.3, 0.4) is 0 Å². The Bertz CT molecular complexity index is 256. The lowest BCUT2D eigenvalue weighted by Gasteiger charge is -2.44. The van der Waals surface area contributed by atoms with Gasteiger partial charge in [-0.3, -0.25) is 4.79 Å². The monoisotopic (exact) mass is 258 g/mol. The number of amides is 1. The molecule has 1 fully saturated rings. The van der Waals surface area contributed by atoms with Crippen molar-refractivity contribution in [1.82, 2.24) is 10.6 Å². The summed E-state index contributed by atoms with van der Waals surface area (Å²) in [5.41, 5.74) is 0.342. The number of hydrogen-bond acceptors (Lipinski definition) is 3. The summed E-state index contributed by atoms with van der Waals surface area (Å²) in [6.45, 7) is 7.84. The fourth-order valence-corrected chi connectivity index (χ4v) is 4.15. The maximum absolute atomic E-state index is 11.3. The summed E-state index contributed by atoms with van der Waals surface area (Å²) < 4.78 is 0. The summed E-state index contributed by atoms with van der Waals surface area (Å²) >= 11 is 1.81. The van der Waals surface area contributed by atoms with Crippen LogP contribution >= 0.6 is 11.8 Å². The molecule has 0 aliphatic heterocycles. The van der Waals surface area contributed by atoms with E-state index in [1.54, 1.807) is 18.8 Å². The van der Waals surface area contributed by atoms with E-state index in [9.17, 15) is 4.79 Å². The van der Waals surface area contributed by atoms with Gasteiger partial charge in [0.05, 0.1) is 5.75 Å². The summed E-state index contributed by atoms with van der Waals surface area (Å²) in [4.78, 5) is 11.3. The summed E-state index contributed by atoms with van der Waals surface area (Å²) in [5, 5.41) is 6.87. The van der Waals surface area contributed by atoms with Crippen molar-refractivity contribution in [3.05, 3.63) is 0 Å². The predicted octanol–water partition coefficient (Wildman–Crippen LogP) is 2.02. The van der Waals surface area contributed by atoms with Crippen molar-refractivity contribution in [2.75, 3.05) is 19.3 Å². The number of thioether (sulfide) groups is 1. The zero-order valence-electron chi connectivity index (χ0n) is 11.5. The van der Waals surface area contributed by atoms with Gasteiger partial charge in [0, 0.05) is 18.3 Å². The van der Waals surface area contributed by atoms with Crippen LogP contribution in [0.2, 0.25) is 0 Å². The fraction of sp³-hybridized carbons (Fsp3) is 0.923. The van der Waals surface area contributed by atoms with Crippen molar-refractivity contribution < 1.29 is 4.79 Å². The maximum Gasteiger partial charge on any atom is 0.229 e. The third-order valence-electron chi connectivity index (χ3n) is 3.65. The Morgan fingerprint density at radius 1 is 1.47 bits per heavy atom. The van der Waals surface area contributed by atoms with Crippen LogP contribution in [0, 0.1) is 5.41 Å². The Labute approximate surface area is 109 Å². The molecule has 4 heteroatoms. The number of carbonyl (C=O) groups is 1. The Morgan fingerprint density at radius 3 is 2.76 bits per heavy atom. The average Bonchev–Trinajstić information content (AvgIpc) is 2.29. The molecule has 100 valence electrons. The van der Waals surface area contributed by atoms with Crippen molar-refractivity contribution in [3.8, 4) is 0 Å². The van der Waals surface area contributed by atoms with Gasteiger partial charge in [0.15, 0.2) is 0 Å². The van der Waals surface area contributed by atoms with Crippen LogP contribution in [0.4, 0.5) is 0 Å². The molecule has 1 rings (SSSR count). The minimum atomic E-state index is 0.133. The molecule has 0 aromatic carbocycles. The SMILES string of the molecule is CCNC1C(SCC(=O)NC)CCCC1(C)C. The Balaban J connectivity index is 2.57. The van der Waals surface area contributed by atoms with Crippen LogP contribution in [0.15, 0.2) is 0 Å². The van der Waals surface area contributed by atoms with Crippen LogP contribution in [-0.2, 0) is 4.79 Å². The van der Waals surface area contributed by atoms with Gasteiger partial charge in [-0.15, -0.1) is 11.8 Å². The van der Waals surface area contributed by atoms with Gasteiger partial charge in [0.2, 0.25) is 5.91 Å². The highest BCUT2D eigenvalue weighted by Gasteiger charge is 2.38. The molecule has 2 N–H and O–H groups in total. The Kier molecular flexibility index (Phi) is 5.80. The van der Waals surface area contributed by atoms with E-state index in [4.69, 9.17) is 0 Å². The molecule has 2 atom stereocenters. The quantitative estimate of drug-likeness (QED) is 0.793. The lowest BCUT2D eigenvalue weighted by molar-refractivity contribution is -0.118. The van der Waals surface area contributed by atoms with Crippen molar-refractivity contribution in [2.24, 2.45) is 5.41 Å².